The number of hydrogen-bond acceptors (Lipinski definition) is 4. The van der Waals surface area contributed by atoms with Crippen molar-refractivity contribution < 1.29 is 4.74 Å². The molecule has 0 aliphatic heterocycles. The van der Waals surface area contributed by atoms with Crippen molar-refractivity contribution in [1.82, 2.24) is 9.66 Å². The molecular formula is C21H17BrClN3O2. The van der Waals surface area contributed by atoms with Crippen LogP contribution in [-0.2, 0) is 0 Å². The number of benzene rings is 2. The largest absolute Gasteiger partial charge is 0.479 e. The molecule has 0 fully saturated rings. The lowest BCUT2D eigenvalue weighted by atomic mass is 10.2. The van der Waals surface area contributed by atoms with Gasteiger partial charge in [-0.25, -0.2) is 4.98 Å². The number of halogens is 2. The first-order chi connectivity index (χ1) is 13.4. The average molecular weight is 459 g/mol. The van der Waals surface area contributed by atoms with Crippen molar-refractivity contribution in [3.05, 3.63) is 67.6 Å². The quantitative estimate of drug-likeness (QED) is 0.406. The Bertz CT molecular complexity index is 1160. The van der Waals surface area contributed by atoms with E-state index in [-0.39, 0.29) is 18.1 Å². The minimum absolute atomic E-state index is 0.0148. The van der Waals surface area contributed by atoms with E-state index < -0.39 is 0 Å². The van der Waals surface area contributed by atoms with E-state index in [9.17, 15) is 4.79 Å². The fourth-order valence-corrected chi connectivity index (χ4v) is 3.21. The fraction of sp³-hybridized carbons (Fsp3) is 0.190. The van der Waals surface area contributed by atoms with Gasteiger partial charge >= 0.3 is 0 Å². The lowest BCUT2D eigenvalue weighted by Crippen LogP contribution is -2.23. The molecule has 0 bridgehead atoms. The topological polar surface area (TPSA) is 56.5 Å². The van der Waals surface area contributed by atoms with Crippen LogP contribution >= 0.6 is 27.5 Å². The van der Waals surface area contributed by atoms with Crippen molar-refractivity contribution in [1.29, 1.82) is 0 Å². The van der Waals surface area contributed by atoms with E-state index >= 15 is 0 Å². The van der Waals surface area contributed by atoms with E-state index in [0.29, 0.717) is 33.1 Å². The van der Waals surface area contributed by atoms with Crippen molar-refractivity contribution in [3.8, 4) is 18.1 Å². The van der Waals surface area contributed by atoms with Crippen LogP contribution < -0.4 is 10.3 Å². The molecule has 28 heavy (non-hydrogen) atoms. The number of terminal acetylenes is 1. The molecule has 0 radical (unpaired) electrons. The number of rotatable bonds is 5. The first-order valence-electron chi connectivity index (χ1n) is 8.53. The molecule has 3 aromatic rings. The number of ether oxygens (including phenoxy) is 1. The van der Waals surface area contributed by atoms with Gasteiger partial charge in [0.25, 0.3) is 5.56 Å². The van der Waals surface area contributed by atoms with Gasteiger partial charge in [0.05, 0.1) is 22.1 Å². The fourth-order valence-electron chi connectivity index (χ4n) is 2.61. The molecule has 1 aromatic heterocycles. The van der Waals surface area contributed by atoms with Crippen LogP contribution in [0.4, 0.5) is 0 Å². The van der Waals surface area contributed by atoms with E-state index in [1.807, 2.05) is 26.0 Å². The minimum atomic E-state index is -0.230. The SMILES string of the molecule is C#CCOc1ccc(C=Nn2c(C(C)C)nc3ccc(Br)cc3c2=O)cc1Cl. The second kappa shape index (κ2) is 8.59. The standard InChI is InChI=1S/C21H17BrClN3O2/c1-4-9-28-19-8-5-14(10-17(19)23)12-24-26-20(13(2)3)25-18-7-6-15(22)11-16(18)21(26)27/h1,5-8,10-13H,9H2,2-3H3. The molecule has 3 rings (SSSR count). The van der Waals surface area contributed by atoms with Crippen LogP contribution in [0.25, 0.3) is 10.9 Å². The Morgan fingerprint density at radius 1 is 1.36 bits per heavy atom. The Hall–Kier alpha value is -2.62. The molecule has 1 heterocycles. The molecule has 2 aromatic carbocycles. The van der Waals surface area contributed by atoms with Crippen LogP contribution in [0.2, 0.25) is 5.02 Å². The maximum absolute atomic E-state index is 13.0. The molecule has 7 heteroatoms. The predicted molar refractivity (Wildman–Crippen MR) is 117 cm³/mol. The van der Waals surface area contributed by atoms with E-state index in [0.717, 1.165) is 4.47 Å². The molecule has 0 saturated carbocycles. The van der Waals surface area contributed by atoms with E-state index in [1.54, 1.807) is 30.5 Å². The monoisotopic (exact) mass is 457 g/mol. The molecule has 0 aliphatic rings. The molecule has 0 spiro atoms. The zero-order valence-corrected chi connectivity index (χ0v) is 17.7. The normalized spacial score (nSPS) is 11.3. The molecular weight excluding hydrogens is 442 g/mol. The van der Waals surface area contributed by atoms with Gasteiger partial charge in [0.2, 0.25) is 0 Å². The highest BCUT2D eigenvalue weighted by Crippen LogP contribution is 2.25. The third kappa shape index (κ3) is 4.27. The summed E-state index contributed by atoms with van der Waals surface area (Å²) in [6.45, 7) is 4.07. The summed E-state index contributed by atoms with van der Waals surface area (Å²) in [5.41, 5.74) is 1.13. The van der Waals surface area contributed by atoms with Crippen LogP contribution in [0.1, 0.15) is 31.2 Å². The highest BCUT2D eigenvalue weighted by Gasteiger charge is 2.13. The van der Waals surface area contributed by atoms with Gasteiger partial charge in [0, 0.05) is 10.4 Å². The van der Waals surface area contributed by atoms with Gasteiger partial charge in [-0.1, -0.05) is 47.3 Å². The number of fused-ring (bicyclic) bond motifs is 1. The van der Waals surface area contributed by atoms with Crippen LogP contribution in [0, 0.1) is 12.3 Å². The average Bonchev–Trinajstić information content (AvgIpc) is 2.66. The molecule has 5 nitrogen and oxygen atoms in total. The lowest BCUT2D eigenvalue weighted by molar-refractivity contribution is 0.370. The van der Waals surface area contributed by atoms with Crippen LogP contribution in [0.3, 0.4) is 0 Å². The van der Waals surface area contributed by atoms with Crippen LogP contribution in [0.5, 0.6) is 5.75 Å². The summed E-state index contributed by atoms with van der Waals surface area (Å²) >= 11 is 9.61. The van der Waals surface area contributed by atoms with Crippen molar-refractivity contribution in [2.45, 2.75) is 19.8 Å². The number of aromatic nitrogens is 2. The van der Waals surface area contributed by atoms with Crippen LogP contribution in [0.15, 0.2) is 50.8 Å². The summed E-state index contributed by atoms with van der Waals surface area (Å²) < 4.78 is 7.49. The molecule has 0 unspecified atom stereocenters. The van der Waals surface area contributed by atoms with Crippen molar-refractivity contribution in [2.75, 3.05) is 6.61 Å². The Labute approximate surface area is 176 Å². The van der Waals surface area contributed by atoms with Gasteiger partial charge in [-0.15, -0.1) is 6.42 Å². The molecule has 0 amide bonds. The smallest absolute Gasteiger partial charge is 0.282 e. The van der Waals surface area contributed by atoms with Gasteiger partial charge in [0.1, 0.15) is 18.2 Å². The third-order valence-corrected chi connectivity index (χ3v) is 4.73. The van der Waals surface area contributed by atoms with Crippen LogP contribution in [-0.4, -0.2) is 22.5 Å². The first-order valence-corrected chi connectivity index (χ1v) is 9.70. The first kappa shape index (κ1) is 20.1. The molecule has 0 aliphatic carbocycles. The molecule has 0 N–H and O–H groups in total. The van der Waals surface area contributed by atoms with Gasteiger partial charge in [0.15, 0.2) is 0 Å². The van der Waals surface area contributed by atoms with E-state index in [1.165, 1.54) is 4.68 Å². The lowest BCUT2D eigenvalue weighted by Gasteiger charge is -2.12. The maximum Gasteiger partial charge on any atom is 0.282 e. The molecule has 142 valence electrons. The zero-order chi connectivity index (χ0) is 20.3. The summed E-state index contributed by atoms with van der Waals surface area (Å²) in [6.07, 6.45) is 6.75. The highest BCUT2D eigenvalue weighted by molar-refractivity contribution is 9.10. The van der Waals surface area contributed by atoms with Crippen molar-refractivity contribution in [3.63, 3.8) is 0 Å². The Morgan fingerprint density at radius 2 is 2.14 bits per heavy atom. The highest BCUT2D eigenvalue weighted by atomic mass is 79.9. The van der Waals surface area contributed by atoms with Crippen molar-refractivity contribution in [2.24, 2.45) is 5.10 Å². The summed E-state index contributed by atoms with van der Waals surface area (Å²) in [7, 11) is 0. The van der Waals surface area contributed by atoms with Gasteiger partial charge in [-0.2, -0.15) is 9.78 Å². The van der Waals surface area contributed by atoms with Gasteiger partial charge in [-0.05, 0) is 42.0 Å². The minimum Gasteiger partial charge on any atom is -0.479 e. The Morgan fingerprint density at radius 3 is 2.82 bits per heavy atom. The number of hydrogen-bond donors (Lipinski definition) is 0. The van der Waals surface area contributed by atoms with Gasteiger partial charge in [-0.3, -0.25) is 4.79 Å². The Kier molecular flexibility index (Phi) is 6.18. The van der Waals surface area contributed by atoms with Crippen molar-refractivity contribution >= 4 is 44.6 Å². The third-order valence-electron chi connectivity index (χ3n) is 3.94. The Balaban J connectivity index is 2.05. The summed E-state index contributed by atoms with van der Waals surface area (Å²) in [4.78, 5) is 17.6. The summed E-state index contributed by atoms with van der Waals surface area (Å²) in [5.74, 6) is 3.48. The summed E-state index contributed by atoms with van der Waals surface area (Å²) in [6, 6.07) is 10.6. The second-order valence-electron chi connectivity index (χ2n) is 6.33. The number of nitrogens with zero attached hydrogens (tertiary/aromatic N) is 3. The van der Waals surface area contributed by atoms with E-state index in [2.05, 4.69) is 31.9 Å². The molecule has 0 atom stereocenters. The predicted octanol–water partition coefficient (Wildman–Crippen LogP) is 4.83. The summed E-state index contributed by atoms with van der Waals surface area (Å²) in [5, 5.41) is 5.29. The van der Waals surface area contributed by atoms with Gasteiger partial charge < -0.3 is 4.74 Å². The molecule has 0 saturated heterocycles. The maximum atomic E-state index is 13.0. The van der Waals surface area contributed by atoms with E-state index in [4.69, 9.17) is 22.8 Å². The zero-order valence-electron chi connectivity index (χ0n) is 15.3. The second-order valence-corrected chi connectivity index (χ2v) is 7.65.